The maximum Gasteiger partial charge on any atom is 0.425 e. The van der Waals surface area contributed by atoms with Crippen LogP contribution in [0, 0.1) is 5.82 Å². The zero-order chi connectivity index (χ0) is 34.6. The van der Waals surface area contributed by atoms with E-state index in [4.69, 9.17) is 37.4 Å². The van der Waals surface area contributed by atoms with Crippen LogP contribution in [0.4, 0.5) is 25.5 Å². The lowest BCUT2D eigenvalue weighted by Gasteiger charge is -2.29. The number of imide groups is 1. The van der Waals surface area contributed by atoms with Gasteiger partial charge in [-0.3, -0.25) is 9.59 Å². The van der Waals surface area contributed by atoms with Crippen LogP contribution >= 0.6 is 23.2 Å². The van der Waals surface area contributed by atoms with Crippen LogP contribution in [0.2, 0.25) is 10.0 Å². The van der Waals surface area contributed by atoms with E-state index in [0.29, 0.717) is 4.90 Å². The first-order chi connectivity index (χ1) is 21.3. The molecule has 0 bridgehead atoms. The highest BCUT2D eigenvalue weighted by atomic mass is 35.5. The number of ether oxygens (including phenoxy) is 3. The third kappa shape index (κ3) is 9.23. The molecule has 1 aromatic carbocycles. The topological polar surface area (TPSA) is 162 Å². The second-order valence-electron chi connectivity index (χ2n) is 11.7. The van der Waals surface area contributed by atoms with Crippen molar-refractivity contribution in [1.82, 2.24) is 20.5 Å². The van der Waals surface area contributed by atoms with Crippen molar-refractivity contribution in [2.45, 2.75) is 65.8 Å². The molecule has 16 heteroatoms. The van der Waals surface area contributed by atoms with Crippen LogP contribution in [0.1, 0.15) is 81.1 Å². The Labute approximate surface area is 274 Å². The van der Waals surface area contributed by atoms with Crippen molar-refractivity contribution in [3.8, 4) is 5.75 Å². The summed E-state index contributed by atoms with van der Waals surface area (Å²) in [5, 5.41) is 12.6. The number of hydrogen-bond donors (Lipinski definition) is 2. The Bertz CT molecular complexity index is 1610. The Morgan fingerprint density at radius 3 is 2.02 bits per heavy atom. The van der Waals surface area contributed by atoms with Gasteiger partial charge in [0.2, 0.25) is 5.82 Å². The van der Waals surface area contributed by atoms with E-state index in [-0.39, 0.29) is 38.4 Å². The predicted molar refractivity (Wildman–Crippen MR) is 168 cm³/mol. The van der Waals surface area contributed by atoms with E-state index < -0.39 is 52.9 Å². The summed E-state index contributed by atoms with van der Waals surface area (Å²) in [6.07, 6.45) is -2.23. The summed E-state index contributed by atoms with van der Waals surface area (Å²) in [5.41, 5.74) is -2.06. The lowest BCUT2D eigenvalue weighted by molar-refractivity contribution is 0.0425. The SMILES string of the molecule is CNC(=O)c1ccc(NC(=O)c2cc(OC(C)c3c(Cl)ccc(F)c3Cl)c(N(C(=O)OC(C)(C)C)C(=O)OC(C)(C)C)nn2)cn1. The number of amides is 4. The molecular formula is C30H33Cl2FN6O7. The van der Waals surface area contributed by atoms with E-state index in [2.05, 4.69) is 25.8 Å². The molecule has 2 heterocycles. The summed E-state index contributed by atoms with van der Waals surface area (Å²) in [5.74, 6) is -2.84. The molecule has 3 aromatic rings. The van der Waals surface area contributed by atoms with Gasteiger partial charge >= 0.3 is 12.2 Å². The fraction of sp³-hybridized carbons (Fsp3) is 0.367. The summed E-state index contributed by atoms with van der Waals surface area (Å²) < 4.78 is 31.3. The van der Waals surface area contributed by atoms with Gasteiger partial charge in [-0.2, -0.15) is 4.90 Å². The molecule has 13 nitrogen and oxygen atoms in total. The van der Waals surface area contributed by atoms with Gasteiger partial charge in [-0.05, 0) is 72.7 Å². The van der Waals surface area contributed by atoms with E-state index in [0.717, 1.165) is 12.1 Å². The molecule has 0 radical (unpaired) electrons. The van der Waals surface area contributed by atoms with Crippen molar-refractivity contribution in [2.24, 2.45) is 0 Å². The Morgan fingerprint density at radius 2 is 1.50 bits per heavy atom. The van der Waals surface area contributed by atoms with Gasteiger partial charge in [0, 0.05) is 23.7 Å². The fourth-order valence-electron chi connectivity index (χ4n) is 3.67. The smallest absolute Gasteiger partial charge is 0.425 e. The first-order valence-corrected chi connectivity index (χ1v) is 14.5. The average molecular weight is 680 g/mol. The highest BCUT2D eigenvalue weighted by Gasteiger charge is 2.37. The number of anilines is 2. The van der Waals surface area contributed by atoms with Gasteiger partial charge < -0.3 is 24.8 Å². The maximum atomic E-state index is 14.4. The number of carbonyl (C=O) groups excluding carboxylic acids is 4. The van der Waals surface area contributed by atoms with Gasteiger partial charge in [-0.25, -0.2) is 19.0 Å². The number of rotatable bonds is 7. The molecule has 0 spiro atoms. The van der Waals surface area contributed by atoms with Crippen LogP contribution in [0.5, 0.6) is 5.75 Å². The zero-order valence-electron chi connectivity index (χ0n) is 26.3. The largest absolute Gasteiger partial charge is 0.482 e. The molecule has 46 heavy (non-hydrogen) atoms. The number of halogens is 3. The van der Waals surface area contributed by atoms with E-state index in [1.165, 1.54) is 38.4 Å². The van der Waals surface area contributed by atoms with Crippen molar-refractivity contribution >= 4 is 58.7 Å². The van der Waals surface area contributed by atoms with Gasteiger partial charge in [0.15, 0.2) is 11.4 Å². The van der Waals surface area contributed by atoms with Crippen LogP contribution in [-0.4, -0.2) is 57.4 Å². The molecule has 3 rings (SSSR count). The van der Waals surface area contributed by atoms with Gasteiger partial charge in [0.1, 0.15) is 28.8 Å². The zero-order valence-corrected chi connectivity index (χ0v) is 27.8. The van der Waals surface area contributed by atoms with Crippen LogP contribution in [0.15, 0.2) is 36.5 Å². The Hall–Kier alpha value is -4.56. The van der Waals surface area contributed by atoms with Crippen molar-refractivity contribution in [1.29, 1.82) is 0 Å². The van der Waals surface area contributed by atoms with Crippen LogP contribution < -0.4 is 20.3 Å². The average Bonchev–Trinajstić information content (AvgIpc) is 2.94. The molecule has 0 fully saturated rings. The van der Waals surface area contributed by atoms with Crippen molar-refractivity contribution < 1.29 is 37.8 Å². The number of nitrogens with zero attached hydrogens (tertiary/aromatic N) is 4. The minimum Gasteiger partial charge on any atom is -0.482 e. The molecular weight excluding hydrogens is 646 g/mol. The van der Waals surface area contributed by atoms with Gasteiger partial charge in [-0.1, -0.05) is 23.2 Å². The minimum atomic E-state index is -1.19. The quantitative estimate of drug-likeness (QED) is 0.256. The Morgan fingerprint density at radius 1 is 0.891 bits per heavy atom. The highest BCUT2D eigenvalue weighted by molar-refractivity contribution is 6.36. The normalized spacial score (nSPS) is 12.1. The summed E-state index contributed by atoms with van der Waals surface area (Å²) in [7, 11) is 1.45. The molecule has 4 amide bonds. The number of benzene rings is 1. The summed E-state index contributed by atoms with van der Waals surface area (Å²) >= 11 is 12.5. The molecule has 1 unspecified atom stereocenters. The van der Waals surface area contributed by atoms with E-state index in [9.17, 15) is 23.6 Å². The fourth-order valence-corrected chi connectivity index (χ4v) is 4.35. The first kappa shape index (κ1) is 35.9. The summed E-state index contributed by atoms with van der Waals surface area (Å²) in [4.78, 5) is 56.2. The van der Waals surface area contributed by atoms with Crippen molar-refractivity contribution in [2.75, 3.05) is 17.3 Å². The first-order valence-electron chi connectivity index (χ1n) is 13.7. The third-order valence-electron chi connectivity index (χ3n) is 5.61. The molecule has 2 aromatic heterocycles. The van der Waals surface area contributed by atoms with Crippen LogP contribution in [0.25, 0.3) is 0 Å². The number of pyridine rings is 1. The monoisotopic (exact) mass is 678 g/mol. The lowest BCUT2D eigenvalue weighted by Crippen LogP contribution is -2.44. The molecule has 0 saturated heterocycles. The third-order valence-corrected chi connectivity index (χ3v) is 6.32. The van der Waals surface area contributed by atoms with E-state index in [1.807, 2.05) is 0 Å². The molecule has 0 aliphatic heterocycles. The summed E-state index contributed by atoms with van der Waals surface area (Å²) in [6, 6.07) is 6.29. The van der Waals surface area contributed by atoms with Gasteiger partial charge in [0.05, 0.1) is 16.9 Å². The summed E-state index contributed by atoms with van der Waals surface area (Å²) in [6.45, 7) is 11.0. The lowest BCUT2D eigenvalue weighted by atomic mass is 10.1. The van der Waals surface area contributed by atoms with Gasteiger partial charge in [-0.15, -0.1) is 10.2 Å². The Kier molecular flexibility index (Phi) is 11.1. The van der Waals surface area contributed by atoms with E-state index in [1.54, 1.807) is 41.5 Å². The molecule has 246 valence electrons. The molecule has 0 aliphatic rings. The minimum absolute atomic E-state index is 0.0421. The second-order valence-corrected chi connectivity index (χ2v) is 12.5. The maximum absolute atomic E-state index is 14.4. The number of carbonyl (C=O) groups is 4. The van der Waals surface area contributed by atoms with Crippen molar-refractivity contribution in [3.63, 3.8) is 0 Å². The standard InChI is InChI=1S/C30H33Cl2FN6O7/c1-15(22-17(31)10-11-18(33)23(22)32)44-21-13-20(26(41)36-16-9-12-19(35-14-16)25(40)34-8)37-38-24(21)39(27(42)45-29(2,3)4)28(43)46-30(5,6)7/h9-15H,1-8H3,(H,34,40)(H,36,41). The highest BCUT2D eigenvalue weighted by Crippen LogP contribution is 2.38. The van der Waals surface area contributed by atoms with Crippen LogP contribution in [-0.2, 0) is 9.47 Å². The predicted octanol–water partition coefficient (Wildman–Crippen LogP) is 6.75. The number of nitrogens with one attached hydrogen (secondary N) is 2. The second kappa shape index (κ2) is 14.3. The Balaban J connectivity index is 2.13. The molecule has 0 saturated carbocycles. The number of hydrogen-bond acceptors (Lipinski definition) is 10. The van der Waals surface area contributed by atoms with Gasteiger partial charge in [0.25, 0.3) is 11.8 Å². The van der Waals surface area contributed by atoms with E-state index >= 15 is 0 Å². The van der Waals surface area contributed by atoms with Crippen LogP contribution in [0.3, 0.4) is 0 Å². The molecule has 1 atom stereocenters. The molecule has 0 aliphatic carbocycles. The number of aromatic nitrogens is 3. The molecule has 2 N–H and O–H groups in total. The van der Waals surface area contributed by atoms with Crippen molar-refractivity contribution in [3.05, 3.63) is 69.3 Å².